The first-order chi connectivity index (χ1) is 8.61. The van der Waals surface area contributed by atoms with E-state index in [4.69, 9.17) is 0 Å². The lowest BCUT2D eigenvalue weighted by Gasteiger charge is -2.16. The summed E-state index contributed by atoms with van der Waals surface area (Å²) in [6.07, 6.45) is 0.689. The highest BCUT2D eigenvalue weighted by molar-refractivity contribution is 8.15. The van der Waals surface area contributed by atoms with Crippen LogP contribution in [0.5, 0.6) is 0 Å². The Morgan fingerprint density at radius 1 is 1.33 bits per heavy atom. The van der Waals surface area contributed by atoms with Crippen LogP contribution in [-0.2, 0) is 9.59 Å². The third kappa shape index (κ3) is 2.61. The van der Waals surface area contributed by atoms with Gasteiger partial charge in [-0.25, -0.2) is 0 Å². The number of hydrogen-bond acceptors (Lipinski definition) is 3. The fourth-order valence-corrected chi connectivity index (χ4v) is 2.43. The van der Waals surface area contributed by atoms with Gasteiger partial charge in [-0.3, -0.25) is 14.5 Å². The summed E-state index contributed by atoms with van der Waals surface area (Å²) in [5.74, 6) is 0.563. The van der Waals surface area contributed by atoms with Crippen molar-refractivity contribution in [3.8, 4) is 0 Å². The summed E-state index contributed by atoms with van der Waals surface area (Å²) in [4.78, 5) is 27.5. The number of carbonyl (C=O) groups is 2. The zero-order valence-electron chi connectivity index (χ0n) is 10.3. The van der Waals surface area contributed by atoms with Crippen molar-refractivity contribution < 1.29 is 9.59 Å². The molecule has 1 aliphatic rings. The summed E-state index contributed by atoms with van der Waals surface area (Å²) in [7, 11) is 0. The zero-order chi connectivity index (χ0) is 13.1. The van der Waals surface area contributed by atoms with Crippen molar-refractivity contribution in [2.75, 3.05) is 10.7 Å². The van der Waals surface area contributed by atoms with Crippen LogP contribution in [0.1, 0.15) is 25.3 Å². The van der Waals surface area contributed by atoms with Crippen molar-refractivity contribution in [2.45, 2.75) is 19.8 Å². The Bertz CT molecular complexity index is 494. The number of anilines is 1. The minimum Gasteiger partial charge on any atom is -0.278 e. The highest BCUT2D eigenvalue weighted by Gasteiger charge is 2.21. The molecule has 0 radical (unpaired) electrons. The molecule has 1 aliphatic heterocycles. The second-order valence-corrected chi connectivity index (χ2v) is 5.24. The second kappa shape index (κ2) is 5.35. The Morgan fingerprint density at radius 2 is 2.00 bits per heavy atom. The molecule has 1 aromatic carbocycles. The van der Waals surface area contributed by atoms with Crippen LogP contribution >= 0.6 is 11.8 Å². The number of thioether (sulfide) groups is 1. The normalized spacial score (nSPS) is 14.8. The van der Waals surface area contributed by atoms with E-state index in [0.29, 0.717) is 23.2 Å². The molecular weight excluding hydrogens is 248 g/mol. The molecule has 0 bridgehead atoms. The maximum absolute atomic E-state index is 11.1. The van der Waals surface area contributed by atoms with Gasteiger partial charge in [0.2, 0.25) is 6.41 Å². The van der Waals surface area contributed by atoms with E-state index in [0.717, 1.165) is 5.69 Å². The fraction of sp³-hybridized carbons (Fsp3) is 0.308. The van der Waals surface area contributed by atoms with E-state index in [-0.39, 0.29) is 5.91 Å². The first kappa shape index (κ1) is 12.8. The molecule has 0 spiro atoms. The van der Waals surface area contributed by atoms with E-state index in [1.165, 1.54) is 22.2 Å². The third-order valence-corrected chi connectivity index (χ3v) is 3.63. The van der Waals surface area contributed by atoms with Crippen LogP contribution in [0, 0.1) is 0 Å². The molecule has 0 N–H and O–H groups in total. The SMILES string of the molecule is CC(C)c1ccc(N(C=O)C2=NC(=O)CS2)cc1. The molecule has 0 aliphatic carbocycles. The lowest BCUT2D eigenvalue weighted by atomic mass is 10.0. The standard InChI is InChI=1S/C13H14N2O2S/c1-9(2)10-3-5-11(6-4-10)15(8-16)13-14-12(17)7-18-13/h3-6,8-9H,7H2,1-2H3. The molecule has 2 amide bonds. The highest BCUT2D eigenvalue weighted by atomic mass is 32.2. The van der Waals surface area contributed by atoms with E-state index in [2.05, 4.69) is 18.8 Å². The van der Waals surface area contributed by atoms with Crippen molar-refractivity contribution >= 4 is 34.9 Å². The van der Waals surface area contributed by atoms with Crippen LogP contribution in [0.4, 0.5) is 5.69 Å². The molecule has 0 fully saturated rings. The van der Waals surface area contributed by atoms with E-state index >= 15 is 0 Å². The van der Waals surface area contributed by atoms with Gasteiger partial charge in [0, 0.05) is 0 Å². The largest absolute Gasteiger partial charge is 0.278 e. The lowest BCUT2D eigenvalue weighted by molar-refractivity contribution is -0.115. The van der Waals surface area contributed by atoms with Gasteiger partial charge < -0.3 is 0 Å². The van der Waals surface area contributed by atoms with Crippen LogP contribution < -0.4 is 4.90 Å². The molecule has 5 heteroatoms. The van der Waals surface area contributed by atoms with Gasteiger partial charge in [0.05, 0.1) is 11.4 Å². The average molecular weight is 262 g/mol. The molecule has 0 saturated heterocycles. The minimum absolute atomic E-state index is 0.194. The van der Waals surface area contributed by atoms with Gasteiger partial charge in [-0.15, -0.1) is 0 Å². The van der Waals surface area contributed by atoms with Crippen LogP contribution in [0.25, 0.3) is 0 Å². The smallest absolute Gasteiger partial charge is 0.258 e. The van der Waals surface area contributed by atoms with E-state index in [1.54, 1.807) is 0 Å². The lowest BCUT2D eigenvalue weighted by Crippen LogP contribution is -2.25. The van der Waals surface area contributed by atoms with Crippen LogP contribution in [0.15, 0.2) is 29.3 Å². The Kier molecular flexibility index (Phi) is 3.81. The molecule has 2 rings (SSSR count). The summed E-state index contributed by atoms with van der Waals surface area (Å²) in [6.45, 7) is 4.23. The number of carbonyl (C=O) groups excluding carboxylic acids is 2. The number of benzene rings is 1. The van der Waals surface area contributed by atoms with Gasteiger partial charge >= 0.3 is 0 Å². The average Bonchev–Trinajstić information content (AvgIpc) is 2.77. The van der Waals surface area contributed by atoms with Crippen molar-refractivity contribution in [1.82, 2.24) is 0 Å². The summed E-state index contributed by atoms with van der Waals surface area (Å²) < 4.78 is 0. The second-order valence-electron chi connectivity index (χ2n) is 4.30. The zero-order valence-corrected chi connectivity index (χ0v) is 11.1. The summed E-state index contributed by atoms with van der Waals surface area (Å²) in [5, 5.41) is 0.451. The number of aliphatic imine (C=N–C) groups is 1. The molecular formula is C13H14N2O2S. The molecule has 94 valence electrons. The topological polar surface area (TPSA) is 49.7 Å². The van der Waals surface area contributed by atoms with Gasteiger partial charge in [0.25, 0.3) is 5.91 Å². The Morgan fingerprint density at radius 3 is 2.44 bits per heavy atom. The van der Waals surface area contributed by atoms with Crippen LogP contribution in [-0.4, -0.2) is 23.2 Å². The predicted octanol–water partition coefficient (Wildman–Crippen LogP) is 2.40. The monoisotopic (exact) mass is 262 g/mol. The minimum atomic E-state index is -0.194. The summed E-state index contributed by atoms with van der Waals surface area (Å²) >= 11 is 1.28. The van der Waals surface area contributed by atoms with Crippen molar-refractivity contribution in [3.05, 3.63) is 29.8 Å². The van der Waals surface area contributed by atoms with Gasteiger partial charge in [0.1, 0.15) is 0 Å². The molecule has 0 saturated carbocycles. The van der Waals surface area contributed by atoms with Crippen LogP contribution in [0.3, 0.4) is 0 Å². The molecule has 18 heavy (non-hydrogen) atoms. The number of amidine groups is 1. The molecule has 0 aromatic heterocycles. The van der Waals surface area contributed by atoms with Crippen molar-refractivity contribution in [1.29, 1.82) is 0 Å². The Labute approximate surface area is 110 Å². The van der Waals surface area contributed by atoms with Gasteiger partial charge in [0.15, 0.2) is 5.17 Å². The van der Waals surface area contributed by atoms with Gasteiger partial charge in [-0.05, 0) is 23.6 Å². The molecule has 0 unspecified atom stereocenters. The maximum Gasteiger partial charge on any atom is 0.258 e. The highest BCUT2D eigenvalue weighted by Crippen LogP contribution is 2.24. The number of nitrogens with zero attached hydrogens (tertiary/aromatic N) is 2. The van der Waals surface area contributed by atoms with Crippen molar-refractivity contribution in [2.24, 2.45) is 4.99 Å². The third-order valence-electron chi connectivity index (χ3n) is 2.69. The number of rotatable bonds is 3. The summed E-state index contributed by atoms with van der Waals surface area (Å²) in [5.41, 5.74) is 1.94. The van der Waals surface area contributed by atoms with E-state index in [1.807, 2.05) is 24.3 Å². The van der Waals surface area contributed by atoms with E-state index in [9.17, 15) is 9.59 Å². The quantitative estimate of drug-likeness (QED) is 0.786. The summed E-state index contributed by atoms with van der Waals surface area (Å²) in [6, 6.07) is 7.71. The molecule has 1 heterocycles. The molecule has 1 aromatic rings. The molecule has 4 nitrogen and oxygen atoms in total. The number of hydrogen-bond donors (Lipinski definition) is 0. The number of amides is 2. The molecule has 0 atom stereocenters. The van der Waals surface area contributed by atoms with Gasteiger partial charge in [-0.1, -0.05) is 37.7 Å². The Balaban J connectivity index is 2.25. The van der Waals surface area contributed by atoms with E-state index < -0.39 is 0 Å². The van der Waals surface area contributed by atoms with Gasteiger partial charge in [-0.2, -0.15) is 4.99 Å². The van der Waals surface area contributed by atoms with Crippen LogP contribution in [0.2, 0.25) is 0 Å². The fourth-order valence-electron chi connectivity index (χ4n) is 1.66. The Hall–Kier alpha value is -1.62. The first-order valence-electron chi connectivity index (χ1n) is 5.70. The first-order valence-corrected chi connectivity index (χ1v) is 6.69. The van der Waals surface area contributed by atoms with Crippen molar-refractivity contribution in [3.63, 3.8) is 0 Å². The predicted molar refractivity (Wildman–Crippen MR) is 74.0 cm³/mol. The maximum atomic E-state index is 11.1.